The van der Waals surface area contributed by atoms with Crippen LogP contribution in [0.15, 0.2) is 46.9 Å². The highest BCUT2D eigenvalue weighted by Gasteiger charge is 2.13. The third-order valence-corrected chi connectivity index (χ3v) is 3.12. The third kappa shape index (κ3) is 2.73. The highest BCUT2D eigenvalue weighted by Crippen LogP contribution is 2.21. The molecule has 0 aliphatic heterocycles. The van der Waals surface area contributed by atoms with Crippen molar-refractivity contribution in [2.45, 2.75) is 0 Å². The Morgan fingerprint density at radius 1 is 1.12 bits per heavy atom. The molecule has 86 valence electrons. The molecule has 0 aliphatic carbocycles. The fourth-order valence-electron chi connectivity index (χ4n) is 1.43. The number of hydrogen-bond donors (Lipinski definition) is 0. The van der Waals surface area contributed by atoms with Crippen molar-refractivity contribution in [2.24, 2.45) is 0 Å². The normalized spacial score (nSPS) is 10.3. The number of carbonyl (C=O) groups excluding carboxylic acids is 1. The average Bonchev–Trinajstić information content (AvgIpc) is 2.29. The first kappa shape index (κ1) is 12.3. The number of rotatable bonds is 2. The predicted molar refractivity (Wildman–Crippen MR) is 69.0 cm³/mol. The van der Waals surface area contributed by atoms with Gasteiger partial charge >= 0.3 is 0 Å². The Morgan fingerprint density at radius 3 is 2.35 bits per heavy atom. The van der Waals surface area contributed by atoms with Crippen molar-refractivity contribution in [3.8, 4) is 0 Å². The summed E-state index contributed by atoms with van der Waals surface area (Å²) in [5, 5.41) is 0.123. The molecule has 0 atom stereocenters. The van der Waals surface area contributed by atoms with Gasteiger partial charge in [0, 0.05) is 15.6 Å². The molecule has 2 aromatic rings. The van der Waals surface area contributed by atoms with E-state index in [0.29, 0.717) is 11.1 Å². The molecule has 0 saturated heterocycles. The molecule has 1 nitrogen and oxygen atoms in total. The number of halogens is 3. The number of hydrogen-bond acceptors (Lipinski definition) is 1. The van der Waals surface area contributed by atoms with Gasteiger partial charge in [0.2, 0.25) is 0 Å². The maximum Gasteiger partial charge on any atom is 0.194 e. The van der Waals surface area contributed by atoms with Gasteiger partial charge in [-0.15, -0.1) is 0 Å². The third-order valence-electron chi connectivity index (χ3n) is 2.28. The molecule has 17 heavy (non-hydrogen) atoms. The molecule has 0 amide bonds. The maximum absolute atomic E-state index is 12.9. The molecule has 0 aliphatic rings. The minimum Gasteiger partial charge on any atom is -0.289 e. The molecule has 2 rings (SSSR count). The molecular weight excluding hydrogens is 306 g/mol. The van der Waals surface area contributed by atoms with Crippen LogP contribution in [0.4, 0.5) is 4.39 Å². The van der Waals surface area contributed by atoms with Crippen molar-refractivity contribution < 1.29 is 9.18 Å². The van der Waals surface area contributed by atoms with Crippen LogP contribution in [0.2, 0.25) is 5.02 Å². The van der Waals surface area contributed by atoms with Crippen LogP contribution in [-0.2, 0) is 0 Å². The van der Waals surface area contributed by atoms with E-state index in [1.807, 2.05) is 0 Å². The van der Waals surface area contributed by atoms with Crippen molar-refractivity contribution in [2.75, 3.05) is 0 Å². The highest BCUT2D eigenvalue weighted by atomic mass is 79.9. The van der Waals surface area contributed by atoms with E-state index in [-0.39, 0.29) is 10.8 Å². The topological polar surface area (TPSA) is 17.1 Å². The first-order valence-corrected chi connectivity index (χ1v) is 6.00. The summed E-state index contributed by atoms with van der Waals surface area (Å²) >= 11 is 9.12. The zero-order chi connectivity index (χ0) is 12.4. The van der Waals surface area contributed by atoms with Crippen molar-refractivity contribution in [3.05, 3.63) is 68.9 Å². The van der Waals surface area contributed by atoms with Crippen molar-refractivity contribution >= 4 is 33.3 Å². The second-order valence-electron chi connectivity index (χ2n) is 3.46. The van der Waals surface area contributed by atoms with E-state index in [4.69, 9.17) is 11.6 Å². The fraction of sp³-hybridized carbons (Fsp3) is 0. The Morgan fingerprint density at radius 2 is 1.76 bits per heavy atom. The van der Waals surface area contributed by atoms with Gasteiger partial charge in [-0.2, -0.15) is 0 Å². The molecule has 4 heteroatoms. The van der Waals surface area contributed by atoms with Crippen LogP contribution in [0.1, 0.15) is 15.9 Å². The van der Waals surface area contributed by atoms with Crippen molar-refractivity contribution in [1.82, 2.24) is 0 Å². The predicted octanol–water partition coefficient (Wildman–Crippen LogP) is 4.47. The van der Waals surface area contributed by atoms with Crippen molar-refractivity contribution in [1.29, 1.82) is 0 Å². The van der Waals surface area contributed by atoms with Gasteiger partial charge in [-0.05, 0) is 42.5 Å². The van der Waals surface area contributed by atoms with E-state index in [1.165, 1.54) is 12.1 Å². The second-order valence-corrected chi connectivity index (χ2v) is 4.78. The number of benzene rings is 2. The van der Waals surface area contributed by atoms with E-state index < -0.39 is 5.82 Å². The minimum atomic E-state index is -0.456. The lowest BCUT2D eigenvalue weighted by Gasteiger charge is -2.03. The van der Waals surface area contributed by atoms with Crippen molar-refractivity contribution in [3.63, 3.8) is 0 Å². The Kier molecular flexibility index (Phi) is 3.60. The quantitative estimate of drug-likeness (QED) is 0.748. The van der Waals surface area contributed by atoms with Gasteiger partial charge in [0.15, 0.2) is 5.78 Å². The summed E-state index contributed by atoms with van der Waals surface area (Å²) in [7, 11) is 0. The summed E-state index contributed by atoms with van der Waals surface area (Å²) in [5.41, 5.74) is 0.817. The second kappa shape index (κ2) is 4.98. The molecule has 0 N–H and O–H groups in total. The standard InChI is InChI=1S/C13H7BrClFO/c14-9-3-1-8(2-4-9)13(17)11-6-5-10(16)7-12(11)15/h1-7H. The lowest BCUT2D eigenvalue weighted by Crippen LogP contribution is -2.02. The van der Waals surface area contributed by atoms with Gasteiger partial charge in [-0.25, -0.2) is 4.39 Å². The summed E-state index contributed by atoms with van der Waals surface area (Å²) < 4.78 is 13.8. The Balaban J connectivity index is 2.40. The summed E-state index contributed by atoms with van der Waals surface area (Å²) in [6.45, 7) is 0. The largest absolute Gasteiger partial charge is 0.289 e. The van der Waals surface area contributed by atoms with Gasteiger partial charge in [0.05, 0.1) is 5.02 Å². The van der Waals surface area contributed by atoms with Crippen LogP contribution < -0.4 is 0 Å². The van der Waals surface area contributed by atoms with Gasteiger partial charge < -0.3 is 0 Å². The molecule has 0 radical (unpaired) electrons. The molecule has 0 aromatic heterocycles. The van der Waals surface area contributed by atoms with Crippen LogP contribution in [0, 0.1) is 5.82 Å². The van der Waals surface area contributed by atoms with Crippen LogP contribution in [0.5, 0.6) is 0 Å². The fourth-order valence-corrected chi connectivity index (χ4v) is 1.95. The van der Waals surface area contributed by atoms with Gasteiger partial charge in [0.1, 0.15) is 5.82 Å². The lowest BCUT2D eigenvalue weighted by molar-refractivity contribution is 0.103. The average molecular weight is 314 g/mol. The molecule has 0 heterocycles. The van der Waals surface area contributed by atoms with Crippen LogP contribution in [-0.4, -0.2) is 5.78 Å². The summed E-state index contributed by atoms with van der Waals surface area (Å²) in [6.07, 6.45) is 0. The molecule has 0 spiro atoms. The number of ketones is 1. The lowest BCUT2D eigenvalue weighted by atomic mass is 10.0. The van der Waals surface area contributed by atoms with E-state index in [9.17, 15) is 9.18 Å². The van der Waals surface area contributed by atoms with Crippen LogP contribution in [0.25, 0.3) is 0 Å². The van der Waals surface area contributed by atoms with Gasteiger partial charge in [-0.3, -0.25) is 4.79 Å². The molecular formula is C13H7BrClFO. The van der Waals surface area contributed by atoms with E-state index in [2.05, 4.69) is 15.9 Å². The maximum atomic E-state index is 12.9. The van der Waals surface area contributed by atoms with Crippen LogP contribution >= 0.6 is 27.5 Å². The molecule has 0 saturated carbocycles. The molecule has 2 aromatic carbocycles. The zero-order valence-corrected chi connectivity index (χ0v) is 10.9. The van der Waals surface area contributed by atoms with E-state index >= 15 is 0 Å². The molecule has 0 unspecified atom stereocenters. The van der Waals surface area contributed by atoms with Crippen LogP contribution in [0.3, 0.4) is 0 Å². The summed E-state index contributed by atoms with van der Waals surface area (Å²) in [5.74, 6) is -0.676. The highest BCUT2D eigenvalue weighted by molar-refractivity contribution is 9.10. The van der Waals surface area contributed by atoms with Gasteiger partial charge in [0.25, 0.3) is 0 Å². The summed E-state index contributed by atoms with van der Waals surface area (Å²) in [6, 6.07) is 10.7. The SMILES string of the molecule is O=C(c1ccc(Br)cc1)c1ccc(F)cc1Cl. The number of carbonyl (C=O) groups is 1. The first-order valence-electron chi connectivity index (χ1n) is 4.83. The molecule has 0 fully saturated rings. The monoisotopic (exact) mass is 312 g/mol. The van der Waals surface area contributed by atoms with E-state index in [1.54, 1.807) is 24.3 Å². The zero-order valence-electron chi connectivity index (χ0n) is 8.58. The van der Waals surface area contributed by atoms with E-state index in [0.717, 1.165) is 10.5 Å². The first-order chi connectivity index (χ1) is 8.08. The Labute approximate surface area is 111 Å². The Hall–Kier alpha value is -1.19. The summed E-state index contributed by atoms with van der Waals surface area (Å²) in [4.78, 5) is 12.1. The van der Waals surface area contributed by atoms with Gasteiger partial charge in [-0.1, -0.05) is 27.5 Å². The Bertz CT molecular complexity index is 566. The molecule has 0 bridgehead atoms. The smallest absolute Gasteiger partial charge is 0.194 e. The minimum absolute atomic E-state index is 0.123.